The van der Waals surface area contributed by atoms with E-state index in [0.717, 1.165) is 5.56 Å². The number of benzene rings is 1. The maximum Gasteiger partial charge on any atom is 0.277 e. The van der Waals surface area contributed by atoms with Gasteiger partial charge in [-0.1, -0.05) is 30.0 Å². The van der Waals surface area contributed by atoms with Crippen molar-refractivity contribution in [2.45, 2.75) is 36.9 Å². The summed E-state index contributed by atoms with van der Waals surface area (Å²) in [6.45, 7) is 0. The molecular weight excluding hydrogens is 310 g/mol. The molecule has 0 radical (unpaired) electrons. The van der Waals surface area contributed by atoms with Crippen molar-refractivity contribution < 1.29 is 9.21 Å². The van der Waals surface area contributed by atoms with E-state index in [0.29, 0.717) is 34.7 Å². The molecular formula is C17H19N3O2S. The van der Waals surface area contributed by atoms with Crippen molar-refractivity contribution >= 4 is 17.7 Å². The fraction of sp³-hybridized carbons (Fsp3) is 0.471. The third kappa shape index (κ3) is 3.75. The third-order valence-corrected chi connectivity index (χ3v) is 5.16. The molecule has 0 bridgehead atoms. The molecule has 4 rings (SSSR count). The van der Waals surface area contributed by atoms with Crippen LogP contribution < -0.4 is 5.32 Å². The molecule has 1 aromatic carbocycles. The van der Waals surface area contributed by atoms with Crippen LogP contribution in [0.2, 0.25) is 0 Å². The normalized spacial score (nSPS) is 17.4. The van der Waals surface area contributed by atoms with Gasteiger partial charge in [0.25, 0.3) is 5.22 Å². The quantitative estimate of drug-likeness (QED) is 0.790. The monoisotopic (exact) mass is 329 g/mol. The predicted molar refractivity (Wildman–Crippen MR) is 87.8 cm³/mol. The number of thioether (sulfide) groups is 1. The molecule has 0 spiro atoms. The number of hydrogen-bond acceptors (Lipinski definition) is 5. The van der Waals surface area contributed by atoms with E-state index in [9.17, 15) is 4.79 Å². The minimum absolute atomic E-state index is 0.0678. The highest BCUT2D eigenvalue weighted by Gasteiger charge is 2.42. The van der Waals surface area contributed by atoms with E-state index in [2.05, 4.69) is 15.5 Å². The van der Waals surface area contributed by atoms with Crippen LogP contribution in [-0.2, 0) is 4.79 Å². The lowest BCUT2D eigenvalue weighted by Crippen LogP contribution is -2.39. The predicted octanol–water partition coefficient (Wildman–Crippen LogP) is 3.13. The van der Waals surface area contributed by atoms with Gasteiger partial charge in [-0.25, -0.2) is 0 Å². The minimum Gasteiger partial charge on any atom is -0.411 e. The van der Waals surface area contributed by atoms with Crippen molar-refractivity contribution in [2.75, 3.05) is 5.75 Å². The Balaban J connectivity index is 1.30. The van der Waals surface area contributed by atoms with Gasteiger partial charge in [-0.3, -0.25) is 4.79 Å². The fourth-order valence-electron chi connectivity index (χ4n) is 2.85. The lowest BCUT2D eigenvalue weighted by Gasteiger charge is -2.17. The van der Waals surface area contributed by atoms with Crippen molar-refractivity contribution in [2.24, 2.45) is 11.8 Å². The number of carbonyl (C=O) groups excluding carboxylic acids is 1. The molecule has 5 nitrogen and oxygen atoms in total. The summed E-state index contributed by atoms with van der Waals surface area (Å²) in [5, 5.41) is 11.7. The Morgan fingerprint density at radius 2 is 1.87 bits per heavy atom. The average molecular weight is 329 g/mol. The topological polar surface area (TPSA) is 68.0 Å². The van der Waals surface area contributed by atoms with Gasteiger partial charge in [-0.05, 0) is 49.7 Å². The first kappa shape index (κ1) is 14.8. The average Bonchev–Trinajstić information content (AvgIpc) is 3.50. The van der Waals surface area contributed by atoms with Crippen LogP contribution in [0.4, 0.5) is 0 Å². The lowest BCUT2D eigenvalue weighted by molar-refractivity contribution is -0.119. The first-order valence-electron chi connectivity index (χ1n) is 8.10. The third-order valence-electron chi connectivity index (χ3n) is 4.34. The largest absolute Gasteiger partial charge is 0.411 e. The van der Waals surface area contributed by atoms with E-state index in [1.807, 2.05) is 30.3 Å². The molecule has 1 amide bonds. The van der Waals surface area contributed by atoms with Gasteiger partial charge in [-0.15, -0.1) is 10.2 Å². The molecule has 0 saturated heterocycles. The van der Waals surface area contributed by atoms with E-state index in [-0.39, 0.29) is 5.91 Å². The number of nitrogens with zero attached hydrogens (tertiary/aromatic N) is 2. The Kier molecular flexibility index (Phi) is 4.08. The highest BCUT2D eigenvalue weighted by atomic mass is 32.2. The minimum atomic E-state index is 0.0678. The summed E-state index contributed by atoms with van der Waals surface area (Å²) in [6.07, 6.45) is 5.05. The van der Waals surface area contributed by atoms with E-state index in [4.69, 9.17) is 4.42 Å². The molecule has 0 unspecified atom stereocenters. The highest BCUT2D eigenvalue weighted by Crippen LogP contribution is 2.44. The lowest BCUT2D eigenvalue weighted by atomic mass is 10.1. The molecule has 23 heavy (non-hydrogen) atoms. The van der Waals surface area contributed by atoms with Crippen LogP contribution in [-0.4, -0.2) is 27.9 Å². The summed E-state index contributed by atoms with van der Waals surface area (Å²) in [4.78, 5) is 12.1. The molecule has 2 aliphatic carbocycles. The van der Waals surface area contributed by atoms with Crippen LogP contribution in [0.15, 0.2) is 40.0 Å². The molecule has 0 atom stereocenters. The molecule has 2 saturated carbocycles. The second-order valence-electron chi connectivity index (χ2n) is 6.30. The number of nitrogens with one attached hydrogen (secondary N) is 1. The number of amides is 1. The standard InChI is InChI=1S/C17H19N3O2S/c21-14(18-15(11-6-7-11)12-8-9-12)10-23-17-20-19-16(22-17)13-4-2-1-3-5-13/h1-5,11-12,15H,6-10H2,(H,18,21). The van der Waals surface area contributed by atoms with E-state index in [1.54, 1.807) is 0 Å². The maximum absolute atomic E-state index is 12.1. The zero-order chi connectivity index (χ0) is 15.6. The SMILES string of the molecule is O=C(CSc1nnc(-c2ccccc2)o1)NC(C1CC1)C1CC1. The Bertz CT molecular complexity index is 668. The number of rotatable bonds is 7. The zero-order valence-electron chi connectivity index (χ0n) is 12.8. The second kappa shape index (κ2) is 6.35. The molecule has 120 valence electrons. The van der Waals surface area contributed by atoms with Gasteiger partial charge in [0.15, 0.2) is 0 Å². The summed E-state index contributed by atoms with van der Waals surface area (Å²) in [5.41, 5.74) is 0.888. The number of hydrogen-bond donors (Lipinski definition) is 1. The molecule has 1 heterocycles. The van der Waals surface area contributed by atoms with Gasteiger partial charge in [0, 0.05) is 11.6 Å². The number of carbonyl (C=O) groups is 1. The van der Waals surface area contributed by atoms with Crippen molar-refractivity contribution in [3.8, 4) is 11.5 Å². The first-order valence-corrected chi connectivity index (χ1v) is 9.09. The van der Waals surface area contributed by atoms with Crippen LogP contribution in [0.1, 0.15) is 25.7 Å². The smallest absolute Gasteiger partial charge is 0.277 e. The van der Waals surface area contributed by atoms with E-state index < -0.39 is 0 Å². The summed E-state index contributed by atoms with van der Waals surface area (Å²) < 4.78 is 5.61. The first-order chi connectivity index (χ1) is 11.3. The van der Waals surface area contributed by atoms with Crippen molar-refractivity contribution in [3.05, 3.63) is 30.3 Å². The van der Waals surface area contributed by atoms with E-state index in [1.165, 1.54) is 37.4 Å². The number of aromatic nitrogens is 2. The molecule has 2 aliphatic rings. The molecule has 6 heteroatoms. The Hall–Kier alpha value is -1.82. The van der Waals surface area contributed by atoms with Crippen molar-refractivity contribution in [1.29, 1.82) is 0 Å². The van der Waals surface area contributed by atoms with Crippen molar-refractivity contribution in [1.82, 2.24) is 15.5 Å². The Morgan fingerprint density at radius 3 is 2.52 bits per heavy atom. The summed E-state index contributed by atoms with van der Waals surface area (Å²) in [5.74, 6) is 2.31. The molecule has 2 fully saturated rings. The fourth-order valence-corrected chi connectivity index (χ4v) is 3.43. The van der Waals surface area contributed by atoms with Gasteiger partial charge in [0.1, 0.15) is 0 Å². The van der Waals surface area contributed by atoms with Gasteiger partial charge in [0.05, 0.1) is 5.75 Å². The van der Waals surface area contributed by atoms with Gasteiger partial charge in [0.2, 0.25) is 11.8 Å². The molecule has 1 aromatic heterocycles. The van der Waals surface area contributed by atoms with Gasteiger partial charge < -0.3 is 9.73 Å². The van der Waals surface area contributed by atoms with Crippen molar-refractivity contribution in [3.63, 3.8) is 0 Å². The summed E-state index contributed by atoms with van der Waals surface area (Å²) in [7, 11) is 0. The van der Waals surface area contributed by atoms with Crippen LogP contribution in [0, 0.1) is 11.8 Å². The summed E-state index contributed by atoms with van der Waals surface area (Å²) >= 11 is 1.30. The second-order valence-corrected chi connectivity index (χ2v) is 7.22. The van der Waals surface area contributed by atoms with Crippen LogP contribution in [0.25, 0.3) is 11.5 Å². The Labute approximate surface area is 139 Å². The zero-order valence-corrected chi connectivity index (χ0v) is 13.6. The van der Waals surface area contributed by atoms with E-state index >= 15 is 0 Å². The molecule has 2 aromatic rings. The highest BCUT2D eigenvalue weighted by molar-refractivity contribution is 7.99. The molecule has 0 aliphatic heterocycles. The molecule has 1 N–H and O–H groups in total. The van der Waals surface area contributed by atoms with Crippen LogP contribution >= 0.6 is 11.8 Å². The van der Waals surface area contributed by atoms with Gasteiger partial charge >= 0.3 is 0 Å². The van der Waals surface area contributed by atoms with Crippen LogP contribution in [0.5, 0.6) is 0 Å². The summed E-state index contributed by atoms with van der Waals surface area (Å²) in [6, 6.07) is 10.0. The maximum atomic E-state index is 12.1. The Morgan fingerprint density at radius 1 is 1.17 bits per heavy atom. The van der Waals surface area contributed by atoms with Gasteiger partial charge in [-0.2, -0.15) is 0 Å². The van der Waals surface area contributed by atoms with Crippen LogP contribution in [0.3, 0.4) is 0 Å².